The third kappa shape index (κ3) is 1.90. The Hall–Kier alpha value is -2.43. The molecule has 0 radical (unpaired) electrons. The minimum atomic E-state index is -0.281. The molecular formula is C13H11FN4. The lowest BCUT2D eigenvalue weighted by Gasteiger charge is -2.04. The van der Waals surface area contributed by atoms with Crippen LogP contribution in [0.25, 0.3) is 5.65 Å². The van der Waals surface area contributed by atoms with Crippen molar-refractivity contribution in [3.8, 4) is 0 Å². The van der Waals surface area contributed by atoms with Crippen LogP contribution in [-0.2, 0) is 6.42 Å². The Balaban J connectivity index is 1.95. The van der Waals surface area contributed by atoms with E-state index in [1.54, 1.807) is 16.6 Å². The van der Waals surface area contributed by atoms with Gasteiger partial charge in [0.05, 0.1) is 0 Å². The maximum atomic E-state index is 13.7. The number of rotatable bonds is 2. The van der Waals surface area contributed by atoms with Crippen molar-refractivity contribution in [3.63, 3.8) is 0 Å². The summed E-state index contributed by atoms with van der Waals surface area (Å²) in [6, 6.07) is 8.54. The van der Waals surface area contributed by atoms with Gasteiger partial charge in [0.25, 0.3) is 0 Å². The van der Waals surface area contributed by atoms with Crippen molar-refractivity contribution in [2.24, 2.45) is 0 Å². The monoisotopic (exact) mass is 242 g/mol. The summed E-state index contributed by atoms with van der Waals surface area (Å²) in [6.45, 7) is 0. The number of nitrogen functional groups attached to an aromatic ring is 1. The first-order valence-electron chi connectivity index (χ1n) is 5.54. The maximum absolute atomic E-state index is 13.7. The molecule has 0 bridgehead atoms. The van der Waals surface area contributed by atoms with E-state index in [9.17, 15) is 4.39 Å². The van der Waals surface area contributed by atoms with Crippen molar-refractivity contribution >= 4 is 11.3 Å². The van der Waals surface area contributed by atoms with Gasteiger partial charge in [0, 0.05) is 18.3 Å². The van der Waals surface area contributed by atoms with Gasteiger partial charge < -0.3 is 5.73 Å². The lowest BCUT2D eigenvalue weighted by atomic mass is 10.1. The molecule has 0 amide bonds. The topological polar surface area (TPSA) is 56.2 Å². The molecule has 1 aromatic carbocycles. The number of nitrogens with two attached hydrogens (primary N) is 1. The van der Waals surface area contributed by atoms with E-state index in [0.717, 1.165) is 11.2 Å². The average molecular weight is 242 g/mol. The number of pyridine rings is 1. The first-order chi connectivity index (χ1) is 8.72. The predicted molar refractivity (Wildman–Crippen MR) is 66.6 cm³/mol. The standard InChI is InChI=1S/C13H11FN4/c14-12-7-11(15)2-1-10(12)5-9-3-4-18-13(6-9)16-8-17-18/h1-4,6-8H,5,15H2. The minimum absolute atomic E-state index is 0.281. The highest BCUT2D eigenvalue weighted by molar-refractivity contribution is 5.44. The average Bonchev–Trinajstić information content (AvgIpc) is 2.80. The summed E-state index contributed by atoms with van der Waals surface area (Å²) >= 11 is 0. The normalized spacial score (nSPS) is 10.9. The zero-order valence-corrected chi connectivity index (χ0v) is 9.55. The number of fused-ring (bicyclic) bond motifs is 1. The Bertz CT molecular complexity index is 705. The van der Waals surface area contributed by atoms with Gasteiger partial charge in [0.15, 0.2) is 5.65 Å². The van der Waals surface area contributed by atoms with Gasteiger partial charge in [0.1, 0.15) is 12.1 Å². The summed E-state index contributed by atoms with van der Waals surface area (Å²) in [7, 11) is 0. The van der Waals surface area contributed by atoms with Crippen LogP contribution in [-0.4, -0.2) is 14.6 Å². The Morgan fingerprint density at radius 2 is 2.11 bits per heavy atom. The van der Waals surface area contributed by atoms with Gasteiger partial charge in [-0.25, -0.2) is 13.9 Å². The van der Waals surface area contributed by atoms with Crippen LogP contribution in [0.5, 0.6) is 0 Å². The third-order valence-electron chi connectivity index (χ3n) is 2.82. The summed E-state index contributed by atoms with van der Waals surface area (Å²) < 4.78 is 15.3. The SMILES string of the molecule is Nc1ccc(Cc2ccn3ncnc3c2)c(F)c1. The quantitative estimate of drug-likeness (QED) is 0.700. The van der Waals surface area contributed by atoms with Crippen molar-refractivity contribution < 1.29 is 4.39 Å². The fraction of sp³-hybridized carbons (Fsp3) is 0.0769. The van der Waals surface area contributed by atoms with E-state index in [0.29, 0.717) is 17.7 Å². The highest BCUT2D eigenvalue weighted by Gasteiger charge is 2.05. The summed E-state index contributed by atoms with van der Waals surface area (Å²) in [5.74, 6) is -0.281. The van der Waals surface area contributed by atoms with E-state index in [4.69, 9.17) is 5.73 Å². The Kier molecular flexibility index (Phi) is 2.44. The highest BCUT2D eigenvalue weighted by atomic mass is 19.1. The summed E-state index contributed by atoms with van der Waals surface area (Å²) in [6.07, 6.45) is 3.81. The molecule has 0 saturated carbocycles. The zero-order valence-electron chi connectivity index (χ0n) is 9.55. The largest absolute Gasteiger partial charge is 0.399 e. The summed E-state index contributed by atoms with van der Waals surface area (Å²) in [5, 5.41) is 4.01. The fourth-order valence-electron chi connectivity index (χ4n) is 1.89. The smallest absolute Gasteiger partial charge is 0.155 e. The number of hydrogen-bond acceptors (Lipinski definition) is 3. The molecule has 0 spiro atoms. The van der Waals surface area contributed by atoms with Crippen molar-refractivity contribution in [2.45, 2.75) is 6.42 Å². The molecular weight excluding hydrogens is 231 g/mol. The Morgan fingerprint density at radius 3 is 2.94 bits per heavy atom. The molecule has 90 valence electrons. The van der Waals surface area contributed by atoms with Crippen LogP contribution in [0.1, 0.15) is 11.1 Å². The molecule has 3 aromatic rings. The molecule has 0 atom stereocenters. The van der Waals surface area contributed by atoms with E-state index >= 15 is 0 Å². The van der Waals surface area contributed by atoms with Gasteiger partial charge in [-0.15, -0.1) is 0 Å². The van der Waals surface area contributed by atoms with E-state index in [2.05, 4.69) is 10.1 Å². The Labute approximate surface area is 103 Å². The third-order valence-corrected chi connectivity index (χ3v) is 2.82. The second kappa shape index (κ2) is 4.10. The van der Waals surface area contributed by atoms with Crippen LogP contribution >= 0.6 is 0 Å². The van der Waals surface area contributed by atoms with E-state index < -0.39 is 0 Å². The number of hydrogen-bond donors (Lipinski definition) is 1. The zero-order chi connectivity index (χ0) is 12.5. The molecule has 0 unspecified atom stereocenters. The number of benzene rings is 1. The number of nitrogens with zero attached hydrogens (tertiary/aromatic N) is 3. The molecule has 0 saturated heterocycles. The molecule has 5 heteroatoms. The molecule has 0 fully saturated rings. The number of halogens is 1. The lowest BCUT2D eigenvalue weighted by molar-refractivity contribution is 0.614. The minimum Gasteiger partial charge on any atom is -0.399 e. The second-order valence-corrected chi connectivity index (χ2v) is 4.13. The van der Waals surface area contributed by atoms with Crippen LogP contribution in [0, 0.1) is 5.82 Å². The van der Waals surface area contributed by atoms with Crippen molar-refractivity contribution in [1.29, 1.82) is 0 Å². The van der Waals surface area contributed by atoms with Crippen LogP contribution in [0.4, 0.5) is 10.1 Å². The van der Waals surface area contributed by atoms with Gasteiger partial charge in [-0.05, 0) is 35.4 Å². The van der Waals surface area contributed by atoms with Crippen molar-refractivity contribution in [1.82, 2.24) is 14.6 Å². The number of aromatic nitrogens is 3. The lowest BCUT2D eigenvalue weighted by Crippen LogP contribution is -1.96. The summed E-state index contributed by atoms with van der Waals surface area (Å²) in [5.41, 5.74) is 8.31. The van der Waals surface area contributed by atoms with Gasteiger partial charge >= 0.3 is 0 Å². The predicted octanol–water partition coefficient (Wildman–Crippen LogP) is 2.04. The molecule has 0 aliphatic carbocycles. The van der Waals surface area contributed by atoms with Crippen molar-refractivity contribution in [2.75, 3.05) is 5.73 Å². The second-order valence-electron chi connectivity index (χ2n) is 4.13. The van der Waals surface area contributed by atoms with Gasteiger partial charge in [-0.3, -0.25) is 0 Å². The van der Waals surface area contributed by atoms with Gasteiger partial charge in [-0.1, -0.05) is 6.07 Å². The molecule has 0 aliphatic heterocycles. The van der Waals surface area contributed by atoms with Gasteiger partial charge in [-0.2, -0.15) is 5.10 Å². The molecule has 18 heavy (non-hydrogen) atoms. The van der Waals surface area contributed by atoms with Crippen LogP contribution < -0.4 is 5.73 Å². The molecule has 2 heterocycles. The van der Waals surface area contributed by atoms with E-state index in [1.165, 1.54) is 12.4 Å². The molecule has 0 aliphatic rings. The molecule has 3 rings (SSSR count). The first kappa shape index (κ1) is 10.7. The van der Waals surface area contributed by atoms with E-state index in [-0.39, 0.29) is 5.82 Å². The first-order valence-corrected chi connectivity index (χ1v) is 5.54. The van der Waals surface area contributed by atoms with Gasteiger partial charge in [0.2, 0.25) is 0 Å². The van der Waals surface area contributed by atoms with E-state index in [1.807, 2.05) is 18.3 Å². The van der Waals surface area contributed by atoms with Crippen LogP contribution in [0.15, 0.2) is 42.9 Å². The number of anilines is 1. The van der Waals surface area contributed by atoms with Crippen LogP contribution in [0.3, 0.4) is 0 Å². The maximum Gasteiger partial charge on any atom is 0.155 e. The highest BCUT2D eigenvalue weighted by Crippen LogP contribution is 2.16. The van der Waals surface area contributed by atoms with Crippen LogP contribution in [0.2, 0.25) is 0 Å². The van der Waals surface area contributed by atoms with Crippen molar-refractivity contribution in [3.05, 3.63) is 59.8 Å². The fourth-order valence-corrected chi connectivity index (χ4v) is 1.89. The summed E-state index contributed by atoms with van der Waals surface area (Å²) in [4.78, 5) is 4.10. The molecule has 2 N–H and O–H groups in total. The Morgan fingerprint density at radius 1 is 1.22 bits per heavy atom. The molecule has 2 aromatic heterocycles. The molecule has 4 nitrogen and oxygen atoms in total.